The number of benzene rings is 1. The minimum Gasteiger partial charge on any atom is -0.388 e. The van der Waals surface area contributed by atoms with Crippen LogP contribution in [-0.4, -0.2) is 19.9 Å². The molecule has 7 heteroatoms. The average molecular weight is 243 g/mol. The van der Waals surface area contributed by atoms with Gasteiger partial charge in [0.1, 0.15) is 6.61 Å². The minimum absolute atomic E-state index is 0.0519. The van der Waals surface area contributed by atoms with Crippen LogP contribution < -0.4 is 0 Å². The summed E-state index contributed by atoms with van der Waals surface area (Å²) < 4.78 is 40.2. The maximum atomic E-state index is 13.0. The normalized spacial score (nSPS) is 10.9. The highest BCUT2D eigenvalue weighted by Crippen LogP contribution is 2.22. The van der Waals surface area contributed by atoms with E-state index >= 15 is 0 Å². The summed E-state index contributed by atoms with van der Waals surface area (Å²) in [6, 6.07) is 1.65. The summed E-state index contributed by atoms with van der Waals surface area (Å²) in [4.78, 5) is 0. The van der Waals surface area contributed by atoms with Gasteiger partial charge >= 0.3 is 0 Å². The molecule has 0 aliphatic carbocycles. The van der Waals surface area contributed by atoms with E-state index in [4.69, 9.17) is 5.11 Å². The molecule has 0 unspecified atom stereocenters. The van der Waals surface area contributed by atoms with Crippen LogP contribution in [0, 0.1) is 17.5 Å². The number of hydrogen-bond donors (Lipinski definition) is 1. The first-order chi connectivity index (χ1) is 8.04. The Labute approximate surface area is 94.3 Å². The summed E-state index contributed by atoms with van der Waals surface area (Å²) in [6.07, 6.45) is 0. The van der Waals surface area contributed by atoms with Crippen molar-refractivity contribution in [3.05, 3.63) is 35.4 Å². The van der Waals surface area contributed by atoms with E-state index < -0.39 is 17.5 Å². The molecule has 1 heterocycles. The lowest BCUT2D eigenvalue weighted by Crippen LogP contribution is -2.00. The van der Waals surface area contributed by atoms with Crippen LogP contribution in [-0.2, 0) is 13.7 Å². The molecule has 0 fully saturated rings. The van der Waals surface area contributed by atoms with Crippen LogP contribution in [0.5, 0.6) is 0 Å². The lowest BCUT2D eigenvalue weighted by molar-refractivity contribution is 0.267. The quantitative estimate of drug-likeness (QED) is 0.811. The number of hydrogen-bond acceptors (Lipinski definition) is 3. The Kier molecular flexibility index (Phi) is 2.84. The van der Waals surface area contributed by atoms with Gasteiger partial charge in [0.15, 0.2) is 29.1 Å². The third-order valence-corrected chi connectivity index (χ3v) is 2.35. The molecule has 1 aromatic heterocycles. The number of halogens is 3. The number of aromatic nitrogens is 3. The van der Waals surface area contributed by atoms with Crippen molar-refractivity contribution in [2.24, 2.45) is 7.05 Å². The number of aliphatic hydroxyl groups excluding tert-OH is 1. The molecule has 2 aromatic rings. The fourth-order valence-electron chi connectivity index (χ4n) is 1.44. The van der Waals surface area contributed by atoms with Crippen molar-refractivity contribution < 1.29 is 18.3 Å². The van der Waals surface area contributed by atoms with Gasteiger partial charge in [0, 0.05) is 12.6 Å². The predicted octanol–water partition coefficient (Wildman–Crippen LogP) is 1.39. The summed E-state index contributed by atoms with van der Waals surface area (Å²) in [6.45, 7) is -0.352. The fourth-order valence-corrected chi connectivity index (χ4v) is 1.44. The zero-order chi connectivity index (χ0) is 12.6. The molecular weight excluding hydrogens is 235 g/mol. The maximum absolute atomic E-state index is 13.0. The highest BCUT2D eigenvalue weighted by molar-refractivity contribution is 5.55. The van der Waals surface area contributed by atoms with Crippen molar-refractivity contribution >= 4 is 0 Å². The van der Waals surface area contributed by atoms with Crippen LogP contribution in [0.3, 0.4) is 0 Å². The van der Waals surface area contributed by atoms with Gasteiger partial charge < -0.3 is 9.67 Å². The van der Waals surface area contributed by atoms with Crippen LogP contribution in [0.25, 0.3) is 11.4 Å². The van der Waals surface area contributed by atoms with Gasteiger partial charge in [-0.3, -0.25) is 0 Å². The predicted molar refractivity (Wildman–Crippen MR) is 52.2 cm³/mol. The molecule has 4 nitrogen and oxygen atoms in total. The zero-order valence-electron chi connectivity index (χ0n) is 8.78. The molecule has 0 atom stereocenters. The second kappa shape index (κ2) is 4.17. The van der Waals surface area contributed by atoms with Gasteiger partial charge in [0.25, 0.3) is 0 Å². The minimum atomic E-state index is -1.53. The van der Waals surface area contributed by atoms with Gasteiger partial charge in [0.2, 0.25) is 0 Å². The Hall–Kier alpha value is -1.89. The Bertz CT molecular complexity index is 545. The molecule has 0 amide bonds. The van der Waals surface area contributed by atoms with Crippen molar-refractivity contribution in [2.75, 3.05) is 0 Å². The smallest absolute Gasteiger partial charge is 0.194 e. The zero-order valence-corrected chi connectivity index (χ0v) is 8.78. The molecule has 0 radical (unpaired) electrons. The first kappa shape index (κ1) is 11.6. The summed E-state index contributed by atoms with van der Waals surface area (Å²) in [7, 11) is 1.53. The molecule has 0 spiro atoms. The standard InChI is InChI=1S/C10H8F3N3O/c1-16-8(4-17)14-15-10(16)5-2-6(11)9(13)7(12)3-5/h2-3,17H,4H2,1H3. The Morgan fingerprint density at radius 1 is 1.18 bits per heavy atom. The second-order valence-electron chi connectivity index (χ2n) is 3.41. The summed E-state index contributed by atoms with van der Waals surface area (Å²) >= 11 is 0. The van der Waals surface area contributed by atoms with Crippen molar-refractivity contribution in [1.29, 1.82) is 0 Å². The summed E-state index contributed by atoms with van der Waals surface area (Å²) in [5.74, 6) is -3.74. The first-order valence-electron chi connectivity index (χ1n) is 4.68. The molecule has 2 rings (SSSR count). The van der Waals surface area contributed by atoms with Crippen molar-refractivity contribution in [1.82, 2.24) is 14.8 Å². The van der Waals surface area contributed by atoms with E-state index in [0.29, 0.717) is 0 Å². The topological polar surface area (TPSA) is 50.9 Å². The largest absolute Gasteiger partial charge is 0.388 e. The number of aliphatic hydroxyl groups is 1. The Morgan fingerprint density at radius 3 is 2.24 bits per heavy atom. The van der Waals surface area contributed by atoms with Crippen LogP contribution in [0.2, 0.25) is 0 Å². The molecular formula is C10H8F3N3O. The molecule has 0 bridgehead atoms. The lowest BCUT2D eigenvalue weighted by Gasteiger charge is -2.03. The van der Waals surface area contributed by atoms with Crippen LogP contribution in [0.1, 0.15) is 5.82 Å². The maximum Gasteiger partial charge on any atom is 0.194 e. The summed E-state index contributed by atoms with van der Waals surface area (Å²) in [5.41, 5.74) is 0.0519. The van der Waals surface area contributed by atoms with Crippen molar-refractivity contribution in [3.8, 4) is 11.4 Å². The molecule has 90 valence electrons. The van der Waals surface area contributed by atoms with Gasteiger partial charge in [-0.05, 0) is 12.1 Å². The van der Waals surface area contributed by atoms with E-state index in [1.807, 2.05) is 0 Å². The monoisotopic (exact) mass is 243 g/mol. The van der Waals surface area contributed by atoms with E-state index in [-0.39, 0.29) is 23.8 Å². The van der Waals surface area contributed by atoms with E-state index in [2.05, 4.69) is 10.2 Å². The van der Waals surface area contributed by atoms with E-state index in [1.165, 1.54) is 11.6 Å². The molecule has 0 aliphatic rings. The molecule has 1 aromatic carbocycles. The number of nitrogens with zero attached hydrogens (tertiary/aromatic N) is 3. The molecule has 0 saturated carbocycles. The van der Waals surface area contributed by atoms with Gasteiger partial charge in [-0.15, -0.1) is 10.2 Å². The third kappa shape index (κ3) is 1.89. The van der Waals surface area contributed by atoms with Gasteiger partial charge in [0.05, 0.1) is 0 Å². The number of rotatable bonds is 2. The summed E-state index contributed by atoms with van der Waals surface area (Å²) in [5, 5.41) is 16.2. The third-order valence-electron chi connectivity index (χ3n) is 2.35. The van der Waals surface area contributed by atoms with E-state index in [1.54, 1.807) is 0 Å². The first-order valence-corrected chi connectivity index (χ1v) is 4.68. The molecule has 1 N–H and O–H groups in total. The van der Waals surface area contributed by atoms with Crippen LogP contribution >= 0.6 is 0 Å². The second-order valence-corrected chi connectivity index (χ2v) is 3.41. The Morgan fingerprint density at radius 2 is 1.76 bits per heavy atom. The van der Waals surface area contributed by atoms with Gasteiger partial charge in [-0.25, -0.2) is 13.2 Å². The molecule has 0 saturated heterocycles. The van der Waals surface area contributed by atoms with E-state index in [0.717, 1.165) is 12.1 Å². The Balaban J connectivity index is 2.57. The highest BCUT2D eigenvalue weighted by Gasteiger charge is 2.16. The lowest BCUT2D eigenvalue weighted by atomic mass is 10.2. The van der Waals surface area contributed by atoms with Gasteiger partial charge in [-0.1, -0.05) is 0 Å². The van der Waals surface area contributed by atoms with Crippen LogP contribution in [0.15, 0.2) is 12.1 Å². The van der Waals surface area contributed by atoms with Crippen LogP contribution in [0.4, 0.5) is 13.2 Å². The average Bonchev–Trinajstić information content (AvgIpc) is 2.66. The highest BCUT2D eigenvalue weighted by atomic mass is 19.2. The SMILES string of the molecule is Cn1c(CO)nnc1-c1cc(F)c(F)c(F)c1. The molecule has 17 heavy (non-hydrogen) atoms. The van der Waals surface area contributed by atoms with Gasteiger partial charge in [-0.2, -0.15) is 0 Å². The fraction of sp³-hybridized carbons (Fsp3) is 0.200. The van der Waals surface area contributed by atoms with E-state index in [9.17, 15) is 13.2 Å². The molecule has 0 aliphatic heterocycles. The van der Waals surface area contributed by atoms with Crippen molar-refractivity contribution in [2.45, 2.75) is 6.61 Å². The van der Waals surface area contributed by atoms with Crippen molar-refractivity contribution in [3.63, 3.8) is 0 Å².